The molecule has 0 spiro atoms. The predicted molar refractivity (Wildman–Crippen MR) is 110 cm³/mol. The van der Waals surface area contributed by atoms with Crippen LogP contribution in [0.5, 0.6) is 0 Å². The molecule has 0 atom stereocenters. The molecule has 3 rings (SSSR count). The van der Waals surface area contributed by atoms with Crippen molar-refractivity contribution in [1.82, 2.24) is 9.96 Å². The Morgan fingerprint density at radius 3 is 2.21 bits per heavy atom. The number of alkyl halides is 1. The molecule has 1 heterocycles. The second-order valence-electron chi connectivity index (χ2n) is 8.09. The number of likely N-dealkylation sites (tertiary alicyclic amines) is 1. The lowest BCUT2D eigenvalue weighted by molar-refractivity contribution is -0.130. The fourth-order valence-electron chi connectivity index (χ4n) is 3.66. The number of hydrogen-bond acceptors (Lipinski definition) is 4. The van der Waals surface area contributed by atoms with Gasteiger partial charge in [-0.2, -0.15) is 0 Å². The zero-order chi connectivity index (χ0) is 20.1. The molecule has 28 heavy (non-hydrogen) atoms. The van der Waals surface area contributed by atoms with Crippen LogP contribution in [0.4, 0.5) is 4.39 Å². The Bertz CT molecular complexity index is 763. The van der Waals surface area contributed by atoms with E-state index in [2.05, 4.69) is 4.90 Å². The Balaban J connectivity index is 1.52. The molecule has 2 aromatic carbocycles. The van der Waals surface area contributed by atoms with Gasteiger partial charge in [0.2, 0.25) is 0 Å². The highest BCUT2D eigenvalue weighted by molar-refractivity contribution is 5.89. The molecule has 150 valence electrons. The van der Waals surface area contributed by atoms with Crippen molar-refractivity contribution in [3.63, 3.8) is 0 Å². The van der Waals surface area contributed by atoms with Crippen LogP contribution < -0.4 is 0 Å². The summed E-state index contributed by atoms with van der Waals surface area (Å²) in [6.45, 7) is 5.28. The lowest BCUT2D eigenvalue weighted by Crippen LogP contribution is -2.47. The monoisotopic (exact) mass is 384 g/mol. The molecule has 0 radical (unpaired) electrons. The molecule has 0 unspecified atom stereocenters. The number of piperidine rings is 1. The lowest BCUT2D eigenvalue weighted by atomic mass is 10.0. The maximum atomic E-state index is 13.8. The first-order valence-electron chi connectivity index (χ1n) is 9.84. The van der Waals surface area contributed by atoms with Gasteiger partial charge in [0.05, 0.1) is 5.56 Å². The van der Waals surface area contributed by atoms with Gasteiger partial charge in [-0.15, -0.1) is 5.06 Å². The molecular weight excluding hydrogens is 355 g/mol. The zero-order valence-electron chi connectivity index (χ0n) is 16.9. The van der Waals surface area contributed by atoms with Gasteiger partial charge < -0.3 is 9.74 Å². The maximum Gasteiger partial charge on any atom is 0.357 e. The van der Waals surface area contributed by atoms with E-state index >= 15 is 0 Å². The van der Waals surface area contributed by atoms with Crippen LogP contribution in [0.3, 0.4) is 0 Å². The number of hydroxylamine groups is 2. The minimum atomic E-state index is -1.18. The smallest absolute Gasteiger partial charge is 0.357 e. The SMILES string of the molecule is CN(OC(=O)c1ccc(-c2ccccc2)cc1)C1CCN(CC(C)(C)F)CC1. The van der Waals surface area contributed by atoms with E-state index in [0.717, 1.165) is 37.1 Å². The molecule has 1 saturated heterocycles. The van der Waals surface area contributed by atoms with Crippen LogP contribution in [-0.2, 0) is 4.84 Å². The normalized spacial score (nSPS) is 16.3. The minimum absolute atomic E-state index is 0.159. The fraction of sp³-hybridized carbons (Fsp3) is 0.435. The topological polar surface area (TPSA) is 32.8 Å². The fourth-order valence-corrected chi connectivity index (χ4v) is 3.66. The highest BCUT2D eigenvalue weighted by atomic mass is 19.1. The highest BCUT2D eigenvalue weighted by Crippen LogP contribution is 2.22. The molecule has 1 aliphatic rings. The molecule has 0 N–H and O–H groups in total. The number of nitrogens with zero attached hydrogens (tertiary/aromatic N) is 2. The summed E-state index contributed by atoms with van der Waals surface area (Å²) in [6, 6.07) is 17.7. The van der Waals surface area contributed by atoms with Crippen LogP contribution in [0, 0.1) is 0 Å². The predicted octanol–water partition coefficient (Wildman–Crippen LogP) is 4.57. The number of benzene rings is 2. The lowest BCUT2D eigenvalue weighted by Gasteiger charge is -2.37. The van der Waals surface area contributed by atoms with Crippen molar-refractivity contribution in [3.05, 3.63) is 60.2 Å². The molecule has 0 saturated carbocycles. The average Bonchev–Trinajstić information content (AvgIpc) is 2.68. The van der Waals surface area contributed by atoms with Gasteiger partial charge in [-0.3, -0.25) is 0 Å². The zero-order valence-corrected chi connectivity index (χ0v) is 16.9. The number of carbonyl (C=O) groups is 1. The van der Waals surface area contributed by atoms with Gasteiger partial charge in [-0.1, -0.05) is 42.5 Å². The summed E-state index contributed by atoms with van der Waals surface area (Å²) in [4.78, 5) is 20.2. The molecule has 2 aromatic rings. The van der Waals surface area contributed by atoms with Crippen LogP contribution in [0.15, 0.2) is 54.6 Å². The van der Waals surface area contributed by atoms with Crippen molar-refractivity contribution in [2.45, 2.75) is 38.4 Å². The largest absolute Gasteiger partial charge is 0.364 e. The summed E-state index contributed by atoms with van der Waals surface area (Å²) in [5.41, 5.74) is 1.52. The maximum absolute atomic E-state index is 13.8. The van der Waals surface area contributed by atoms with Crippen molar-refractivity contribution in [1.29, 1.82) is 0 Å². The van der Waals surface area contributed by atoms with Crippen molar-refractivity contribution >= 4 is 5.97 Å². The van der Waals surface area contributed by atoms with Crippen LogP contribution in [-0.4, -0.2) is 54.3 Å². The summed E-state index contributed by atoms with van der Waals surface area (Å²) in [5, 5.41) is 1.66. The molecular formula is C23H29FN2O2. The Hall–Kier alpha value is -2.24. The number of hydrogen-bond donors (Lipinski definition) is 0. The van der Waals surface area contributed by atoms with E-state index in [0.29, 0.717) is 12.1 Å². The van der Waals surface area contributed by atoms with Gasteiger partial charge in [0.25, 0.3) is 0 Å². The second-order valence-corrected chi connectivity index (χ2v) is 8.09. The van der Waals surface area contributed by atoms with E-state index in [1.165, 1.54) is 0 Å². The first-order chi connectivity index (χ1) is 13.3. The minimum Gasteiger partial charge on any atom is -0.364 e. The van der Waals surface area contributed by atoms with E-state index in [4.69, 9.17) is 4.84 Å². The first kappa shape index (κ1) is 20.5. The third kappa shape index (κ3) is 5.63. The molecule has 0 amide bonds. The molecule has 0 aliphatic carbocycles. The Morgan fingerprint density at radius 1 is 1.07 bits per heavy atom. The summed E-state index contributed by atoms with van der Waals surface area (Å²) in [6.07, 6.45) is 1.71. The van der Waals surface area contributed by atoms with Gasteiger partial charge in [0.1, 0.15) is 5.67 Å². The van der Waals surface area contributed by atoms with E-state index in [1.54, 1.807) is 38.1 Å². The van der Waals surface area contributed by atoms with Gasteiger partial charge in [-0.25, -0.2) is 9.18 Å². The molecule has 0 aromatic heterocycles. The Kier molecular flexibility index (Phi) is 6.47. The standard InChI is InChI=1S/C23H29FN2O2/c1-23(2,24)17-26-15-13-21(14-16-26)25(3)28-22(27)20-11-9-19(10-12-20)18-7-5-4-6-8-18/h4-12,21H,13-17H2,1-3H3. The van der Waals surface area contributed by atoms with Crippen LogP contribution >= 0.6 is 0 Å². The molecule has 0 bridgehead atoms. The third-order valence-electron chi connectivity index (χ3n) is 5.13. The highest BCUT2D eigenvalue weighted by Gasteiger charge is 2.28. The molecule has 1 aliphatic heterocycles. The van der Waals surface area contributed by atoms with E-state index in [-0.39, 0.29) is 12.0 Å². The van der Waals surface area contributed by atoms with Crippen LogP contribution in [0.2, 0.25) is 0 Å². The van der Waals surface area contributed by atoms with Crippen LogP contribution in [0.25, 0.3) is 11.1 Å². The Labute approximate surface area is 166 Å². The average molecular weight is 384 g/mol. The second kappa shape index (κ2) is 8.84. The van der Waals surface area contributed by atoms with Gasteiger partial charge >= 0.3 is 5.97 Å². The molecule has 5 heteroatoms. The molecule has 4 nitrogen and oxygen atoms in total. The summed E-state index contributed by atoms with van der Waals surface area (Å²) < 4.78 is 13.8. The summed E-state index contributed by atoms with van der Waals surface area (Å²) in [7, 11) is 1.80. The van der Waals surface area contributed by atoms with Crippen molar-refractivity contribution in [2.75, 3.05) is 26.7 Å². The number of carbonyl (C=O) groups excluding carboxylic acids is 1. The third-order valence-corrected chi connectivity index (χ3v) is 5.13. The molecule has 1 fully saturated rings. The van der Waals surface area contributed by atoms with Gasteiger partial charge in [-0.05, 0) is 63.0 Å². The van der Waals surface area contributed by atoms with E-state index in [1.807, 2.05) is 42.5 Å². The van der Waals surface area contributed by atoms with Crippen molar-refractivity contribution in [2.24, 2.45) is 0 Å². The first-order valence-corrected chi connectivity index (χ1v) is 9.84. The van der Waals surface area contributed by atoms with E-state index < -0.39 is 5.67 Å². The summed E-state index contributed by atoms with van der Waals surface area (Å²) in [5.74, 6) is -0.352. The van der Waals surface area contributed by atoms with Gasteiger partial charge in [0.15, 0.2) is 0 Å². The Morgan fingerprint density at radius 2 is 1.64 bits per heavy atom. The quantitative estimate of drug-likeness (QED) is 0.683. The number of halogens is 1. The van der Waals surface area contributed by atoms with Crippen molar-refractivity contribution in [3.8, 4) is 11.1 Å². The van der Waals surface area contributed by atoms with Gasteiger partial charge in [0, 0.05) is 19.6 Å². The summed E-state index contributed by atoms with van der Waals surface area (Å²) >= 11 is 0. The van der Waals surface area contributed by atoms with Crippen LogP contribution in [0.1, 0.15) is 37.0 Å². The van der Waals surface area contributed by atoms with E-state index in [9.17, 15) is 9.18 Å². The van der Waals surface area contributed by atoms with Crippen molar-refractivity contribution < 1.29 is 14.0 Å². The number of rotatable bonds is 6.